The number of aryl methyl sites for hydroxylation is 1. The first-order valence-electron chi connectivity index (χ1n) is 9.98. The summed E-state index contributed by atoms with van der Waals surface area (Å²) >= 11 is 1.53. The van der Waals surface area contributed by atoms with E-state index in [0.29, 0.717) is 17.1 Å². The lowest BCUT2D eigenvalue weighted by Crippen LogP contribution is -2.16. The van der Waals surface area contributed by atoms with Crippen molar-refractivity contribution >= 4 is 34.5 Å². The molecule has 1 amide bonds. The molecule has 0 saturated carbocycles. The number of fused-ring (bicyclic) bond motifs is 1. The largest absolute Gasteiger partial charge is 0.376 e. The van der Waals surface area contributed by atoms with Crippen molar-refractivity contribution in [1.29, 1.82) is 0 Å². The van der Waals surface area contributed by atoms with Gasteiger partial charge in [0.05, 0.1) is 23.8 Å². The molecular weight excluding hydrogens is 396 g/mol. The number of aromatic nitrogens is 3. The molecule has 3 heterocycles. The minimum Gasteiger partial charge on any atom is -0.376 e. The second kappa shape index (κ2) is 8.90. The van der Waals surface area contributed by atoms with Crippen LogP contribution in [0.2, 0.25) is 0 Å². The van der Waals surface area contributed by atoms with Crippen LogP contribution in [-0.4, -0.2) is 38.9 Å². The van der Waals surface area contributed by atoms with Crippen LogP contribution in [0.15, 0.2) is 35.5 Å². The number of anilines is 1. The monoisotopic (exact) mass is 420 g/mol. The topological polar surface area (TPSA) is 69.0 Å². The highest BCUT2D eigenvalue weighted by molar-refractivity contribution is 7.99. The molecule has 0 unspecified atom stereocenters. The van der Waals surface area contributed by atoms with Crippen molar-refractivity contribution < 1.29 is 9.53 Å². The number of nitrogens with one attached hydrogen (secondary N) is 1. The molecule has 4 rings (SSSR count). The van der Waals surface area contributed by atoms with E-state index in [1.807, 2.05) is 25.1 Å². The van der Waals surface area contributed by atoms with Gasteiger partial charge in [-0.25, -0.2) is 9.97 Å². The van der Waals surface area contributed by atoms with Crippen molar-refractivity contribution in [2.75, 3.05) is 17.7 Å². The zero-order valence-corrected chi connectivity index (χ0v) is 18.0. The van der Waals surface area contributed by atoms with Crippen LogP contribution in [0.3, 0.4) is 0 Å². The smallest absolute Gasteiger partial charge is 0.256 e. The molecule has 1 aliphatic heterocycles. The average Bonchev–Trinajstić information content (AvgIpc) is 3.36. The number of carbonyl (C=O) groups excluding carboxylic acids is 1. The summed E-state index contributed by atoms with van der Waals surface area (Å²) in [7, 11) is 0. The number of hydrogen-bond acceptors (Lipinski definition) is 5. The van der Waals surface area contributed by atoms with Crippen LogP contribution >= 0.6 is 11.8 Å². The number of thioether (sulfide) groups is 1. The standard InChI is InChI=1S/C23H24N4O2S/c1-4-11-30-19-9-5-7-17(12-19)23(28)26-21-20-15(2)16(3)27(22(20)25-14-24-21)13-18-8-6-10-29-18/h1,5,7,9,12,14,18H,6,8,10-11,13H2,2-3H3,(H,24,25,26,28)/t18-/m0/s1. The molecule has 7 heteroatoms. The minimum atomic E-state index is -0.206. The minimum absolute atomic E-state index is 0.204. The normalized spacial score (nSPS) is 16.0. The molecule has 0 radical (unpaired) electrons. The number of benzene rings is 1. The Balaban J connectivity index is 1.63. The molecular formula is C23H24N4O2S. The van der Waals surface area contributed by atoms with E-state index in [2.05, 4.69) is 32.7 Å². The Morgan fingerprint density at radius 3 is 3.03 bits per heavy atom. The first-order chi connectivity index (χ1) is 14.6. The molecule has 6 nitrogen and oxygen atoms in total. The van der Waals surface area contributed by atoms with Crippen LogP contribution in [-0.2, 0) is 11.3 Å². The summed E-state index contributed by atoms with van der Waals surface area (Å²) in [6.45, 7) is 5.69. The Hall–Kier alpha value is -2.82. The zero-order valence-electron chi connectivity index (χ0n) is 17.1. The van der Waals surface area contributed by atoms with Crippen molar-refractivity contribution in [1.82, 2.24) is 14.5 Å². The van der Waals surface area contributed by atoms with Gasteiger partial charge in [0.15, 0.2) is 0 Å². The molecule has 0 bridgehead atoms. The van der Waals surface area contributed by atoms with Crippen molar-refractivity contribution in [2.24, 2.45) is 0 Å². The van der Waals surface area contributed by atoms with Gasteiger partial charge >= 0.3 is 0 Å². The van der Waals surface area contributed by atoms with Crippen molar-refractivity contribution in [3.63, 3.8) is 0 Å². The Morgan fingerprint density at radius 2 is 2.27 bits per heavy atom. The van der Waals surface area contributed by atoms with E-state index < -0.39 is 0 Å². The third kappa shape index (κ3) is 4.07. The van der Waals surface area contributed by atoms with Gasteiger partial charge in [0.25, 0.3) is 5.91 Å². The van der Waals surface area contributed by atoms with E-state index in [4.69, 9.17) is 11.2 Å². The van der Waals surface area contributed by atoms with Gasteiger partial charge in [-0.15, -0.1) is 18.2 Å². The van der Waals surface area contributed by atoms with Crippen LogP contribution in [0, 0.1) is 26.2 Å². The third-order valence-electron chi connectivity index (χ3n) is 5.47. The third-order valence-corrected chi connectivity index (χ3v) is 6.36. The zero-order chi connectivity index (χ0) is 21.1. The summed E-state index contributed by atoms with van der Waals surface area (Å²) in [6.07, 6.45) is 9.19. The average molecular weight is 421 g/mol. The van der Waals surface area contributed by atoms with Gasteiger partial charge in [0.1, 0.15) is 17.8 Å². The summed E-state index contributed by atoms with van der Waals surface area (Å²) in [5.74, 6) is 3.48. The SMILES string of the molecule is C#CCSc1cccc(C(=O)Nc2ncnc3c2c(C)c(C)n3C[C@@H]2CCCO2)c1. The molecule has 0 aliphatic carbocycles. The fourth-order valence-corrected chi connectivity index (χ4v) is 4.45. The van der Waals surface area contributed by atoms with Crippen LogP contribution < -0.4 is 5.32 Å². The van der Waals surface area contributed by atoms with Gasteiger partial charge in [-0.1, -0.05) is 12.0 Å². The molecule has 2 aromatic heterocycles. The molecule has 0 spiro atoms. The lowest BCUT2D eigenvalue weighted by Gasteiger charge is -2.13. The van der Waals surface area contributed by atoms with Gasteiger partial charge in [-0.05, 0) is 50.5 Å². The van der Waals surface area contributed by atoms with Gasteiger partial charge in [-0.3, -0.25) is 4.79 Å². The molecule has 1 N–H and O–H groups in total. The fourth-order valence-electron chi connectivity index (χ4n) is 3.81. The van der Waals surface area contributed by atoms with Gasteiger partial charge < -0.3 is 14.6 Å². The number of nitrogens with zero attached hydrogens (tertiary/aromatic N) is 3. The number of rotatable bonds is 6. The van der Waals surface area contributed by atoms with Crippen LogP contribution in [0.25, 0.3) is 11.0 Å². The predicted molar refractivity (Wildman–Crippen MR) is 120 cm³/mol. The number of carbonyl (C=O) groups is 1. The molecule has 30 heavy (non-hydrogen) atoms. The number of hydrogen-bond donors (Lipinski definition) is 1. The number of terminal acetylenes is 1. The van der Waals surface area contributed by atoms with E-state index in [1.165, 1.54) is 18.1 Å². The Labute approximate surface area is 180 Å². The second-order valence-corrected chi connectivity index (χ2v) is 8.40. The predicted octanol–water partition coefficient (Wildman–Crippen LogP) is 4.20. The Morgan fingerprint density at radius 1 is 1.40 bits per heavy atom. The maximum absolute atomic E-state index is 12.9. The molecule has 1 atom stereocenters. The van der Waals surface area contributed by atoms with Crippen molar-refractivity contribution in [3.8, 4) is 12.3 Å². The molecule has 1 aromatic carbocycles. The molecule has 1 saturated heterocycles. The number of amides is 1. The second-order valence-electron chi connectivity index (χ2n) is 7.35. The maximum atomic E-state index is 12.9. The van der Waals surface area contributed by atoms with Crippen LogP contribution in [0.1, 0.15) is 34.5 Å². The van der Waals surface area contributed by atoms with Crippen LogP contribution in [0.5, 0.6) is 0 Å². The molecule has 1 aliphatic rings. The van der Waals surface area contributed by atoms with Gasteiger partial charge in [-0.2, -0.15) is 0 Å². The summed E-state index contributed by atoms with van der Waals surface area (Å²) in [5, 5.41) is 3.85. The van der Waals surface area contributed by atoms with E-state index in [1.54, 1.807) is 6.07 Å². The lowest BCUT2D eigenvalue weighted by atomic mass is 10.2. The van der Waals surface area contributed by atoms with E-state index in [-0.39, 0.29) is 12.0 Å². The summed E-state index contributed by atoms with van der Waals surface area (Å²) < 4.78 is 7.99. The Bertz CT molecular complexity index is 1130. The Kier molecular flexibility index (Phi) is 6.07. The van der Waals surface area contributed by atoms with E-state index in [9.17, 15) is 4.79 Å². The molecule has 1 fully saturated rings. The summed E-state index contributed by atoms with van der Waals surface area (Å²) in [4.78, 5) is 22.8. The first kappa shape index (κ1) is 20.5. The van der Waals surface area contributed by atoms with E-state index >= 15 is 0 Å². The van der Waals surface area contributed by atoms with E-state index in [0.717, 1.165) is 53.2 Å². The number of ether oxygens (including phenoxy) is 1. The fraction of sp³-hybridized carbons (Fsp3) is 0.348. The first-order valence-corrected chi connectivity index (χ1v) is 11.0. The van der Waals surface area contributed by atoms with Gasteiger partial charge in [0.2, 0.25) is 0 Å². The van der Waals surface area contributed by atoms with Crippen molar-refractivity contribution in [2.45, 2.75) is 44.2 Å². The highest BCUT2D eigenvalue weighted by Gasteiger charge is 2.22. The summed E-state index contributed by atoms with van der Waals surface area (Å²) in [5.41, 5.74) is 3.57. The van der Waals surface area contributed by atoms with Crippen LogP contribution in [0.4, 0.5) is 5.82 Å². The van der Waals surface area contributed by atoms with Crippen molar-refractivity contribution in [3.05, 3.63) is 47.4 Å². The quantitative estimate of drug-likeness (QED) is 0.478. The highest BCUT2D eigenvalue weighted by Crippen LogP contribution is 2.30. The highest BCUT2D eigenvalue weighted by atomic mass is 32.2. The maximum Gasteiger partial charge on any atom is 0.256 e. The molecule has 154 valence electrons. The van der Waals surface area contributed by atoms with Gasteiger partial charge in [0, 0.05) is 22.8 Å². The molecule has 3 aromatic rings. The summed E-state index contributed by atoms with van der Waals surface area (Å²) in [6, 6.07) is 7.43. The lowest BCUT2D eigenvalue weighted by molar-refractivity contribution is 0.0974.